The van der Waals surface area contributed by atoms with Crippen molar-refractivity contribution in [3.63, 3.8) is 0 Å². The number of hydrogen-bond acceptors (Lipinski definition) is 2. The van der Waals surface area contributed by atoms with E-state index in [2.05, 4.69) is 4.90 Å². The fraction of sp³-hybridized carbons (Fsp3) is 0.455. The van der Waals surface area contributed by atoms with Crippen molar-refractivity contribution in [2.45, 2.75) is 38.3 Å². The molecule has 0 aliphatic carbocycles. The first-order chi connectivity index (χ1) is 12.8. The Kier molecular flexibility index (Phi) is 7.72. The van der Waals surface area contributed by atoms with Crippen LogP contribution in [0.5, 0.6) is 5.75 Å². The molecule has 27 heavy (non-hydrogen) atoms. The Morgan fingerprint density at radius 1 is 1.00 bits per heavy atom. The predicted molar refractivity (Wildman–Crippen MR) is 103 cm³/mol. The molecule has 2 aromatic carbocycles. The van der Waals surface area contributed by atoms with Gasteiger partial charge in [-0.15, -0.1) is 0 Å². The van der Waals surface area contributed by atoms with Gasteiger partial charge in [0.05, 0.1) is 12.2 Å². The first-order valence-electron chi connectivity index (χ1n) is 9.33. The van der Waals surface area contributed by atoms with Crippen molar-refractivity contribution in [2.75, 3.05) is 27.2 Å². The van der Waals surface area contributed by atoms with Gasteiger partial charge in [-0.3, -0.25) is 0 Å². The summed E-state index contributed by atoms with van der Waals surface area (Å²) in [5.74, 6) is 0.804. The van der Waals surface area contributed by atoms with Crippen LogP contribution in [-0.2, 0) is 12.6 Å². The second kappa shape index (κ2) is 9.79. The molecule has 2 rings (SSSR count). The van der Waals surface area contributed by atoms with Gasteiger partial charge in [-0.25, -0.2) is 0 Å². The van der Waals surface area contributed by atoms with Crippen molar-refractivity contribution in [3.8, 4) is 5.75 Å². The van der Waals surface area contributed by atoms with Crippen LogP contribution < -0.4 is 4.74 Å². The van der Waals surface area contributed by atoms with Crippen LogP contribution in [0.4, 0.5) is 13.2 Å². The summed E-state index contributed by atoms with van der Waals surface area (Å²) in [7, 11) is 3.95. The summed E-state index contributed by atoms with van der Waals surface area (Å²) in [5, 5.41) is 0. The van der Waals surface area contributed by atoms with Gasteiger partial charge in [-0.2, -0.15) is 13.2 Å². The van der Waals surface area contributed by atoms with E-state index >= 15 is 0 Å². The molecule has 1 atom stereocenters. The van der Waals surface area contributed by atoms with E-state index in [0.29, 0.717) is 18.6 Å². The third-order valence-corrected chi connectivity index (χ3v) is 4.54. The molecule has 0 saturated carbocycles. The average molecular weight is 379 g/mol. The third kappa shape index (κ3) is 6.58. The Balaban J connectivity index is 2.25. The predicted octanol–water partition coefficient (Wildman–Crippen LogP) is 5.77. The van der Waals surface area contributed by atoms with Gasteiger partial charge in [-0.1, -0.05) is 37.3 Å². The molecule has 0 N–H and O–H groups in total. The van der Waals surface area contributed by atoms with Crippen molar-refractivity contribution in [1.29, 1.82) is 0 Å². The van der Waals surface area contributed by atoms with Gasteiger partial charge in [-0.05, 0) is 75.1 Å². The van der Waals surface area contributed by atoms with Crippen LogP contribution in [0.25, 0.3) is 0 Å². The third-order valence-electron chi connectivity index (χ3n) is 4.54. The molecule has 148 valence electrons. The molecule has 2 aromatic rings. The van der Waals surface area contributed by atoms with Gasteiger partial charge in [0, 0.05) is 0 Å². The number of hydrogen-bond donors (Lipinski definition) is 0. The topological polar surface area (TPSA) is 12.5 Å². The number of ether oxygens (including phenoxy) is 1. The number of halogens is 3. The maximum Gasteiger partial charge on any atom is 0.416 e. The zero-order valence-electron chi connectivity index (χ0n) is 16.2. The minimum Gasteiger partial charge on any atom is -0.494 e. The lowest BCUT2D eigenvalue weighted by atomic mass is 9.87. The van der Waals surface area contributed by atoms with Crippen LogP contribution in [0.1, 0.15) is 42.4 Å². The molecule has 0 radical (unpaired) electrons. The van der Waals surface area contributed by atoms with Crippen molar-refractivity contribution in [2.24, 2.45) is 0 Å². The monoisotopic (exact) mass is 379 g/mol. The molecule has 1 unspecified atom stereocenters. The number of rotatable bonds is 9. The lowest BCUT2D eigenvalue weighted by Crippen LogP contribution is -2.18. The normalized spacial score (nSPS) is 13.0. The molecule has 2 nitrogen and oxygen atoms in total. The van der Waals surface area contributed by atoms with Crippen molar-refractivity contribution in [3.05, 3.63) is 65.2 Å². The Labute approximate surface area is 160 Å². The van der Waals surface area contributed by atoms with E-state index in [1.54, 1.807) is 12.1 Å². The summed E-state index contributed by atoms with van der Waals surface area (Å²) >= 11 is 0. The number of benzene rings is 2. The van der Waals surface area contributed by atoms with Gasteiger partial charge >= 0.3 is 6.18 Å². The highest BCUT2D eigenvalue weighted by atomic mass is 19.4. The SMILES string of the molecule is CCCOc1ccc(C(CCN(C)C)Cc2ccccc2C(F)(F)F)cc1. The highest BCUT2D eigenvalue weighted by molar-refractivity contribution is 5.34. The first kappa shape index (κ1) is 21.3. The van der Waals surface area contributed by atoms with E-state index in [1.807, 2.05) is 45.3 Å². The summed E-state index contributed by atoms with van der Waals surface area (Å²) in [6, 6.07) is 13.6. The summed E-state index contributed by atoms with van der Waals surface area (Å²) < 4.78 is 45.7. The lowest BCUT2D eigenvalue weighted by Gasteiger charge is -2.22. The second-order valence-corrected chi connectivity index (χ2v) is 7.07. The van der Waals surface area contributed by atoms with E-state index < -0.39 is 11.7 Å². The molecular weight excluding hydrogens is 351 g/mol. The van der Waals surface area contributed by atoms with Crippen LogP contribution in [0.2, 0.25) is 0 Å². The molecule has 0 heterocycles. The van der Waals surface area contributed by atoms with Crippen LogP contribution in [0, 0.1) is 0 Å². The van der Waals surface area contributed by atoms with E-state index in [0.717, 1.165) is 30.7 Å². The molecule has 0 amide bonds. The Morgan fingerprint density at radius 2 is 1.67 bits per heavy atom. The molecule has 0 aliphatic rings. The first-order valence-corrected chi connectivity index (χ1v) is 9.33. The van der Waals surface area contributed by atoms with Gasteiger partial charge in [0.1, 0.15) is 5.75 Å². The fourth-order valence-electron chi connectivity index (χ4n) is 3.10. The highest BCUT2D eigenvalue weighted by Gasteiger charge is 2.33. The van der Waals surface area contributed by atoms with Gasteiger partial charge in [0.15, 0.2) is 0 Å². The van der Waals surface area contributed by atoms with E-state index in [-0.39, 0.29) is 5.92 Å². The molecule has 0 aliphatic heterocycles. The summed E-state index contributed by atoms with van der Waals surface area (Å²) in [6.45, 7) is 3.51. The van der Waals surface area contributed by atoms with Crippen LogP contribution >= 0.6 is 0 Å². The highest BCUT2D eigenvalue weighted by Crippen LogP contribution is 2.35. The van der Waals surface area contributed by atoms with Crippen molar-refractivity contribution >= 4 is 0 Å². The van der Waals surface area contributed by atoms with E-state index in [9.17, 15) is 13.2 Å². The van der Waals surface area contributed by atoms with Gasteiger partial charge in [0.2, 0.25) is 0 Å². The molecule has 0 aromatic heterocycles. The lowest BCUT2D eigenvalue weighted by molar-refractivity contribution is -0.138. The molecule has 0 saturated heterocycles. The Morgan fingerprint density at radius 3 is 2.26 bits per heavy atom. The number of nitrogens with zero attached hydrogens (tertiary/aromatic N) is 1. The van der Waals surface area contributed by atoms with Gasteiger partial charge in [0.25, 0.3) is 0 Å². The maximum absolute atomic E-state index is 13.4. The molecule has 5 heteroatoms. The number of alkyl halides is 3. The molecule has 0 spiro atoms. The zero-order valence-corrected chi connectivity index (χ0v) is 16.2. The Bertz CT molecular complexity index is 695. The quantitative estimate of drug-likeness (QED) is 0.548. The van der Waals surface area contributed by atoms with E-state index in [4.69, 9.17) is 4.74 Å². The smallest absolute Gasteiger partial charge is 0.416 e. The van der Waals surface area contributed by atoms with E-state index in [1.165, 1.54) is 12.1 Å². The second-order valence-electron chi connectivity index (χ2n) is 7.07. The summed E-state index contributed by atoms with van der Waals surface area (Å²) in [6.07, 6.45) is -2.25. The van der Waals surface area contributed by atoms with Crippen LogP contribution in [0.15, 0.2) is 48.5 Å². The van der Waals surface area contributed by atoms with Crippen molar-refractivity contribution < 1.29 is 17.9 Å². The van der Waals surface area contributed by atoms with Crippen LogP contribution in [0.3, 0.4) is 0 Å². The fourth-order valence-corrected chi connectivity index (χ4v) is 3.10. The molecule has 0 fully saturated rings. The van der Waals surface area contributed by atoms with Crippen LogP contribution in [-0.4, -0.2) is 32.1 Å². The molecule has 0 bridgehead atoms. The summed E-state index contributed by atoms with van der Waals surface area (Å²) in [5.41, 5.74) is 0.848. The van der Waals surface area contributed by atoms with Gasteiger partial charge < -0.3 is 9.64 Å². The molecular formula is C22H28F3NO. The standard InChI is InChI=1S/C22H28F3NO/c1-4-15-27-20-11-9-17(10-12-20)18(13-14-26(2)3)16-19-7-5-6-8-21(19)22(23,24)25/h5-12,18H,4,13-16H2,1-3H3. The Hall–Kier alpha value is -2.01. The summed E-state index contributed by atoms with van der Waals surface area (Å²) in [4.78, 5) is 2.06. The average Bonchev–Trinajstić information content (AvgIpc) is 2.63. The van der Waals surface area contributed by atoms with Crippen molar-refractivity contribution in [1.82, 2.24) is 4.90 Å². The minimum absolute atomic E-state index is 0.0103. The maximum atomic E-state index is 13.4. The zero-order chi connectivity index (χ0) is 19.9. The largest absolute Gasteiger partial charge is 0.494 e. The minimum atomic E-state index is -4.33.